The fourth-order valence-electron chi connectivity index (χ4n) is 3.90. The molecule has 1 fully saturated rings. The minimum atomic E-state index is -0.735. The van der Waals surface area contributed by atoms with Crippen molar-refractivity contribution < 1.29 is 14.6 Å². The van der Waals surface area contributed by atoms with Crippen molar-refractivity contribution in [1.29, 1.82) is 0 Å². The van der Waals surface area contributed by atoms with Crippen LogP contribution >= 0.6 is 11.3 Å². The van der Waals surface area contributed by atoms with Crippen molar-refractivity contribution in [2.75, 3.05) is 45.2 Å². The third-order valence-corrected chi connectivity index (χ3v) is 7.20. The zero-order chi connectivity index (χ0) is 22.2. The first-order chi connectivity index (χ1) is 14.8. The second-order valence-corrected chi connectivity index (χ2v) is 9.71. The Morgan fingerprint density at radius 2 is 2.03 bits per heavy atom. The van der Waals surface area contributed by atoms with Gasteiger partial charge in [0.1, 0.15) is 16.6 Å². The molecular weight excluding hydrogens is 412 g/mol. The van der Waals surface area contributed by atoms with Gasteiger partial charge in [-0.1, -0.05) is 0 Å². The molecule has 0 amide bonds. The number of hydrogen-bond acceptors (Lipinski definition) is 7. The van der Waals surface area contributed by atoms with Crippen molar-refractivity contribution in [3.63, 3.8) is 0 Å². The number of methoxy groups -OCH3 is 1. The van der Waals surface area contributed by atoms with Crippen LogP contribution in [0.2, 0.25) is 0 Å². The van der Waals surface area contributed by atoms with Gasteiger partial charge in [0.05, 0.1) is 29.5 Å². The number of anilines is 2. The van der Waals surface area contributed by atoms with Crippen molar-refractivity contribution in [2.24, 2.45) is 10.4 Å². The summed E-state index contributed by atoms with van der Waals surface area (Å²) in [5.74, 6) is 1.05. The fraction of sp³-hybridized carbons (Fsp3) is 0.478. The van der Waals surface area contributed by atoms with Crippen LogP contribution in [0, 0.1) is 12.3 Å². The number of thiophene rings is 1. The number of carboxylic acid groups (broad SMARTS) is 1. The van der Waals surface area contributed by atoms with E-state index >= 15 is 0 Å². The first-order valence-corrected chi connectivity index (χ1v) is 11.5. The van der Waals surface area contributed by atoms with E-state index in [4.69, 9.17) is 9.73 Å². The molecule has 1 aromatic carbocycles. The van der Waals surface area contributed by atoms with E-state index < -0.39 is 11.4 Å². The number of aliphatic carboxylic acids is 1. The van der Waals surface area contributed by atoms with Crippen LogP contribution in [0.5, 0.6) is 5.75 Å². The van der Waals surface area contributed by atoms with Gasteiger partial charge in [0.2, 0.25) is 0 Å². The van der Waals surface area contributed by atoms with Crippen molar-refractivity contribution in [3.05, 3.63) is 34.7 Å². The van der Waals surface area contributed by atoms with Gasteiger partial charge in [-0.05, 0) is 56.8 Å². The van der Waals surface area contributed by atoms with Gasteiger partial charge in [0.15, 0.2) is 0 Å². The quantitative estimate of drug-likeness (QED) is 0.718. The van der Waals surface area contributed by atoms with Crippen molar-refractivity contribution >= 4 is 39.5 Å². The number of nitrogens with one attached hydrogen (secondary N) is 1. The van der Waals surface area contributed by atoms with Gasteiger partial charge in [0.25, 0.3) is 0 Å². The first-order valence-electron chi connectivity index (χ1n) is 10.6. The van der Waals surface area contributed by atoms with E-state index in [0.717, 1.165) is 60.7 Å². The lowest BCUT2D eigenvalue weighted by molar-refractivity contribution is -0.147. The maximum absolute atomic E-state index is 11.4. The topological polar surface area (TPSA) is 77.4 Å². The Morgan fingerprint density at radius 3 is 2.71 bits per heavy atom. The lowest BCUT2D eigenvalue weighted by atomic mass is 9.89. The van der Waals surface area contributed by atoms with Gasteiger partial charge in [0, 0.05) is 32.2 Å². The van der Waals surface area contributed by atoms with Crippen molar-refractivity contribution in [3.8, 4) is 5.75 Å². The smallest absolute Gasteiger partial charge is 0.309 e. The van der Waals surface area contributed by atoms with Crippen LogP contribution in [0.3, 0.4) is 0 Å². The molecule has 2 aliphatic rings. The number of aryl methyl sites for hydroxylation is 1. The largest absolute Gasteiger partial charge is 0.497 e. The molecular formula is C23H30N4O3S. The molecule has 4 rings (SSSR count). The number of carboxylic acids is 1. The number of fused-ring (bicyclic) bond motifs is 2. The number of hydrogen-bond donors (Lipinski definition) is 2. The highest BCUT2D eigenvalue weighted by molar-refractivity contribution is 7.14. The number of amidine groups is 1. The monoisotopic (exact) mass is 442 g/mol. The third kappa shape index (κ3) is 4.41. The van der Waals surface area contributed by atoms with Gasteiger partial charge in [-0.15, -0.1) is 11.3 Å². The summed E-state index contributed by atoms with van der Waals surface area (Å²) in [4.78, 5) is 21.2. The molecule has 2 aliphatic heterocycles. The van der Waals surface area contributed by atoms with Crippen LogP contribution in [0.4, 0.5) is 16.4 Å². The number of piperazine rings is 1. The van der Waals surface area contributed by atoms with Crippen molar-refractivity contribution in [2.45, 2.75) is 27.2 Å². The van der Waals surface area contributed by atoms with Gasteiger partial charge in [-0.3, -0.25) is 9.69 Å². The van der Waals surface area contributed by atoms with Gasteiger partial charge >= 0.3 is 5.97 Å². The number of carbonyl (C=O) groups is 1. The zero-order valence-corrected chi connectivity index (χ0v) is 19.4. The van der Waals surface area contributed by atoms with Gasteiger partial charge in [-0.25, -0.2) is 4.99 Å². The molecule has 0 spiro atoms. The number of ether oxygens (including phenoxy) is 1. The summed E-state index contributed by atoms with van der Waals surface area (Å²) < 4.78 is 5.41. The Bertz CT molecular complexity index is 1010. The standard InChI is InChI=1S/C23H30N4O3S/c1-15-14-31-21-19(15)20(24-18-13-16(30-4)5-6-17(18)25-21)27-11-9-26(10-12-27)8-7-23(2,3)22(28)29/h5-6,13-14,25H,7-12H2,1-4H3,(H,28,29). The lowest BCUT2D eigenvalue weighted by Crippen LogP contribution is -2.49. The molecule has 1 aromatic heterocycles. The third-order valence-electron chi connectivity index (χ3n) is 6.18. The molecule has 0 atom stereocenters. The number of benzene rings is 1. The predicted molar refractivity (Wildman–Crippen MR) is 126 cm³/mol. The first kappa shape index (κ1) is 21.6. The summed E-state index contributed by atoms with van der Waals surface area (Å²) in [6.07, 6.45) is 0.647. The van der Waals surface area contributed by atoms with E-state index in [1.165, 1.54) is 11.1 Å². The molecule has 3 heterocycles. The van der Waals surface area contributed by atoms with Crippen molar-refractivity contribution in [1.82, 2.24) is 9.80 Å². The highest BCUT2D eigenvalue weighted by Crippen LogP contribution is 2.41. The van der Waals surface area contributed by atoms with E-state index in [9.17, 15) is 9.90 Å². The number of nitrogens with zero attached hydrogens (tertiary/aromatic N) is 3. The fourth-order valence-corrected chi connectivity index (χ4v) is 4.85. The molecule has 1 saturated heterocycles. The molecule has 2 aromatic rings. The maximum Gasteiger partial charge on any atom is 0.309 e. The number of aliphatic imine (C=N–C) groups is 1. The summed E-state index contributed by atoms with van der Waals surface area (Å²) in [5, 5.41) is 16.2. The van der Waals surface area contributed by atoms with Crippen LogP contribution in [0.25, 0.3) is 0 Å². The summed E-state index contributed by atoms with van der Waals surface area (Å²) in [6.45, 7) is 10.0. The van der Waals surface area contributed by atoms with Crippen LogP contribution in [0.1, 0.15) is 31.4 Å². The Balaban J connectivity index is 1.55. The Morgan fingerprint density at radius 1 is 1.29 bits per heavy atom. The normalized spacial score (nSPS) is 16.6. The average Bonchev–Trinajstić information content (AvgIpc) is 3.02. The van der Waals surface area contributed by atoms with E-state index in [0.29, 0.717) is 6.42 Å². The van der Waals surface area contributed by atoms with E-state index in [1.54, 1.807) is 32.3 Å². The molecule has 8 heteroatoms. The Labute approximate surface area is 187 Å². The minimum Gasteiger partial charge on any atom is -0.497 e. The minimum absolute atomic E-state index is 0.647. The Kier molecular flexibility index (Phi) is 5.94. The summed E-state index contributed by atoms with van der Waals surface area (Å²) in [6, 6.07) is 5.93. The van der Waals surface area contributed by atoms with Crippen LogP contribution in [-0.4, -0.2) is 66.5 Å². The van der Waals surface area contributed by atoms with Gasteiger partial charge in [-0.2, -0.15) is 0 Å². The second-order valence-electron chi connectivity index (χ2n) is 8.83. The molecule has 0 radical (unpaired) electrons. The summed E-state index contributed by atoms with van der Waals surface area (Å²) >= 11 is 1.70. The molecule has 2 N–H and O–H groups in total. The van der Waals surface area contributed by atoms with Crippen LogP contribution in [0.15, 0.2) is 28.6 Å². The molecule has 0 aliphatic carbocycles. The van der Waals surface area contributed by atoms with E-state index in [-0.39, 0.29) is 0 Å². The summed E-state index contributed by atoms with van der Waals surface area (Å²) in [5.41, 5.74) is 3.55. The zero-order valence-electron chi connectivity index (χ0n) is 18.6. The predicted octanol–water partition coefficient (Wildman–Crippen LogP) is 4.32. The summed E-state index contributed by atoms with van der Waals surface area (Å²) in [7, 11) is 1.67. The molecule has 31 heavy (non-hydrogen) atoms. The molecule has 166 valence electrons. The Hall–Kier alpha value is -2.58. The molecule has 0 bridgehead atoms. The van der Waals surface area contributed by atoms with Crippen LogP contribution < -0.4 is 10.1 Å². The molecule has 7 nitrogen and oxygen atoms in total. The molecule has 0 saturated carbocycles. The van der Waals surface area contributed by atoms with Crippen LogP contribution in [-0.2, 0) is 4.79 Å². The van der Waals surface area contributed by atoms with E-state index in [1.807, 2.05) is 18.2 Å². The second kappa shape index (κ2) is 8.51. The molecule has 0 unspecified atom stereocenters. The SMILES string of the molecule is COc1ccc2c(c1)N=C(N1CCN(CCC(C)(C)C(=O)O)CC1)c1c(C)csc1N2. The van der Waals surface area contributed by atoms with E-state index in [2.05, 4.69) is 27.4 Å². The highest BCUT2D eigenvalue weighted by atomic mass is 32.1. The highest BCUT2D eigenvalue weighted by Gasteiger charge is 2.30. The number of rotatable bonds is 5. The average molecular weight is 443 g/mol. The maximum atomic E-state index is 11.4. The van der Waals surface area contributed by atoms with Gasteiger partial charge < -0.3 is 20.1 Å². The lowest BCUT2D eigenvalue weighted by Gasteiger charge is -2.37.